The van der Waals surface area contributed by atoms with Gasteiger partial charge in [0.05, 0.1) is 11.7 Å². The van der Waals surface area contributed by atoms with Gasteiger partial charge in [0.1, 0.15) is 0 Å². The van der Waals surface area contributed by atoms with Crippen molar-refractivity contribution in [3.05, 3.63) is 11.1 Å². The highest BCUT2D eigenvalue weighted by molar-refractivity contribution is 7.03. The van der Waals surface area contributed by atoms with Gasteiger partial charge in [-0.05, 0) is 30.4 Å². The van der Waals surface area contributed by atoms with Crippen LogP contribution in [0.25, 0.3) is 0 Å². The molecular formula is C11H19N3S. The molecule has 1 N–H and O–H groups in total. The van der Waals surface area contributed by atoms with Gasteiger partial charge in [-0.2, -0.15) is 0 Å². The monoisotopic (exact) mass is 225 g/mol. The molecule has 1 aliphatic carbocycles. The van der Waals surface area contributed by atoms with E-state index in [-0.39, 0.29) is 0 Å². The molecule has 3 nitrogen and oxygen atoms in total. The predicted molar refractivity (Wildman–Crippen MR) is 62.9 cm³/mol. The van der Waals surface area contributed by atoms with Gasteiger partial charge in [0.15, 0.2) is 0 Å². The first-order valence-corrected chi connectivity index (χ1v) is 6.74. The first kappa shape index (κ1) is 11.0. The number of nitrogens with one attached hydrogen (secondary N) is 1. The van der Waals surface area contributed by atoms with Gasteiger partial charge in [0.2, 0.25) is 0 Å². The minimum absolute atomic E-state index is 0.428. The van der Waals surface area contributed by atoms with E-state index in [0.717, 1.165) is 18.2 Å². The first-order valence-electron chi connectivity index (χ1n) is 5.90. The summed E-state index contributed by atoms with van der Waals surface area (Å²) in [5.74, 6) is 0.899. The van der Waals surface area contributed by atoms with E-state index in [4.69, 9.17) is 0 Å². The molecule has 84 valence electrons. The summed E-state index contributed by atoms with van der Waals surface area (Å²) < 4.78 is 3.95. The summed E-state index contributed by atoms with van der Waals surface area (Å²) in [7, 11) is 0. The molecule has 0 aromatic carbocycles. The molecule has 4 heteroatoms. The lowest BCUT2D eigenvalue weighted by atomic mass is 9.97. The van der Waals surface area contributed by atoms with Crippen LogP contribution in [-0.2, 0) is 0 Å². The maximum absolute atomic E-state index is 4.18. The van der Waals surface area contributed by atoms with Crippen molar-refractivity contribution in [1.82, 2.24) is 14.9 Å². The van der Waals surface area contributed by atoms with Crippen LogP contribution < -0.4 is 5.32 Å². The van der Waals surface area contributed by atoms with Gasteiger partial charge < -0.3 is 5.32 Å². The molecule has 1 saturated carbocycles. The molecule has 1 aliphatic rings. The van der Waals surface area contributed by atoms with E-state index in [1.807, 2.05) is 0 Å². The van der Waals surface area contributed by atoms with E-state index in [0.29, 0.717) is 6.04 Å². The third-order valence-corrected chi connectivity index (χ3v) is 3.75. The molecular weight excluding hydrogens is 206 g/mol. The third-order valence-electron chi connectivity index (χ3n) is 3.23. The van der Waals surface area contributed by atoms with Crippen molar-refractivity contribution in [3.63, 3.8) is 0 Å². The summed E-state index contributed by atoms with van der Waals surface area (Å²) in [4.78, 5) is 0. The maximum atomic E-state index is 4.18. The molecule has 0 bridgehead atoms. The normalized spacial score (nSPS) is 19.5. The highest BCUT2D eigenvalue weighted by Gasteiger charge is 2.21. The molecule has 1 atom stereocenters. The zero-order valence-corrected chi connectivity index (χ0v) is 10.1. The van der Waals surface area contributed by atoms with E-state index in [1.54, 1.807) is 0 Å². The molecule has 1 aromatic heterocycles. The fraction of sp³-hybridized carbons (Fsp3) is 0.818. The standard InChI is InChI=1S/C11H19N3S/c1-2-12-10(11-8-15-14-13-11)7-9-5-3-4-6-9/h8-10,12H,2-7H2,1H3. The summed E-state index contributed by atoms with van der Waals surface area (Å²) in [6, 6.07) is 0.428. The SMILES string of the molecule is CCNC(CC1CCCC1)c1csnn1. The number of aromatic nitrogens is 2. The molecule has 0 saturated heterocycles. The molecule has 0 spiro atoms. The first-order chi connectivity index (χ1) is 7.40. The second kappa shape index (κ2) is 5.56. The number of hydrogen-bond acceptors (Lipinski definition) is 4. The largest absolute Gasteiger partial charge is 0.309 e. The molecule has 1 aromatic rings. The molecule has 1 heterocycles. The van der Waals surface area contributed by atoms with Gasteiger partial charge in [-0.1, -0.05) is 37.1 Å². The zero-order chi connectivity index (χ0) is 10.5. The Morgan fingerprint density at radius 2 is 2.33 bits per heavy atom. The van der Waals surface area contributed by atoms with Crippen molar-refractivity contribution in [3.8, 4) is 0 Å². The van der Waals surface area contributed by atoms with Crippen LogP contribution >= 0.6 is 11.5 Å². The Labute approximate surface area is 95.4 Å². The highest BCUT2D eigenvalue weighted by atomic mass is 32.1. The summed E-state index contributed by atoms with van der Waals surface area (Å²) in [5.41, 5.74) is 1.13. The highest BCUT2D eigenvalue weighted by Crippen LogP contribution is 2.32. The average molecular weight is 225 g/mol. The molecule has 0 aliphatic heterocycles. The molecule has 1 fully saturated rings. The minimum Gasteiger partial charge on any atom is -0.309 e. The van der Waals surface area contributed by atoms with Crippen LogP contribution in [0, 0.1) is 5.92 Å². The van der Waals surface area contributed by atoms with Crippen LogP contribution in [0.1, 0.15) is 50.8 Å². The summed E-state index contributed by atoms with van der Waals surface area (Å²) in [5, 5.41) is 9.77. The van der Waals surface area contributed by atoms with Gasteiger partial charge in [0, 0.05) is 5.38 Å². The lowest BCUT2D eigenvalue weighted by Gasteiger charge is -2.19. The van der Waals surface area contributed by atoms with Crippen molar-refractivity contribution in [2.24, 2.45) is 5.92 Å². The number of nitrogens with zero attached hydrogens (tertiary/aromatic N) is 2. The lowest BCUT2D eigenvalue weighted by Crippen LogP contribution is -2.23. The Hall–Kier alpha value is -0.480. The Balaban J connectivity index is 1.93. The van der Waals surface area contributed by atoms with Crippen LogP contribution in [0.5, 0.6) is 0 Å². The second-order valence-electron chi connectivity index (χ2n) is 4.33. The van der Waals surface area contributed by atoms with Crippen LogP contribution in [0.15, 0.2) is 5.38 Å². The molecule has 15 heavy (non-hydrogen) atoms. The van der Waals surface area contributed by atoms with E-state index >= 15 is 0 Å². The average Bonchev–Trinajstić information content (AvgIpc) is 2.89. The Kier molecular flexibility index (Phi) is 4.09. The zero-order valence-electron chi connectivity index (χ0n) is 9.28. The summed E-state index contributed by atoms with van der Waals surface area (Å²) in [6.07, 6.45) is 6.87. The van der Waals surface area contributed by atoms with Crippen molar-refractivity contribution in [2.75, 3.05) is 6.54 Å². The van der Waals surface area contributed by atoms with Crippen molar-refractivity contribution in [2.45, 2.75) is 45.1 Å². The predicted octanol–water partition coefficient (Wildman–Crippen LogP) is 2.77. The van der Waals surface area contributed by atoms with Crippen LogP contribution in [0.4, 0.5) is 0 Å². The van der Waals surface area contributed by atoms with Gasteiger partial charge in [-0.3, -0.25) is 0 Å². The smallest absolute Gasteiger partial charge is 0.0924 e. The van der Waals surface area contributed by atoms with Crippen LogP contribution in [-0.4, -0.2) is 16.1 Å². The van der Waals surface area contributed by atoms with E-state index < -0.39 is 0 Å². The Morgan fingerprint density at radius 3 is 2.93 bits per heavy atom. The van der Waals surface area contributed by atoms with E-state index in [2.05, 4.69) is 27.2 Å². The topological polar surface area (TPSA) is 37.8 Å². The second-order valence-corrected chi connectivity index (χ2v) is 4.94. The Bertz CT molecular complexity index is 267. The fourth-order valence-corrected chi connectivity index (χ4v) is 2.97. The minimum atomic E-state index is 0.428. The van der Waals surface area contributed by atoms with Gasteiger partial charge >= 0.3 is 0 Å². The van der Waals surface area contributed by atoms with Crippen LogP contribution in [0.2, 0.25) is 0 Å². The van der Waals surface area contributed by atoms with Crippen molar-refractivity contribution in [1.29, 1.82) is 0 Å². The summed E-state index contributed by atoms with van der Waals surface area (Å²) >= 11 is 1.45. The molecule has 0 amide bonds. The third kappa shape index (κ3) is 2.98. The van der Waals surface area contributed by atoms with E-state index in [9.17, 15) is 0 Å². The quantitative estimate of drug-likeness (QED) is 0.837. The van der Waals surface area contributed by atoms with Crippen LogP contribution in [0.3, 0.4) is 0 Å². The molecule has 2 rings (SSSR count). The fourth-order valence-electron chi connectivity index (χ4n) is 2.46. The molecule has 0 radical (unpaired) electrons. The molecule has 1 unspecified atom stereocenters. The Morgan fingerprint density at radius 1 is 1.53 bits per heavy atom. The van der Waals surface area contributed by atoms with Crippen molar-refractivity contribution >= 4 is 11.5 Å². The van der Waals surface area contributed by atoms with E-state index in [1.165, 1.54) is 43.6 Å². The van der Waals surface area contributed by atoms with Gasteiger partial charge in [-0.25, -0.2) is 0 Å². The summed E-state index contributed by atoms with van der Waals surface area (Å²) in [6.45, 7) is 3.16. The van der Waals surface area contributed by atoms with Gasteiger partial charge in [-0.15, -0.1) is 5.10 Å². The van der Waals surface area contributed by atoms with Crippen molar-refractivity contribution < 1.29 is 0 Å². The number of rotatable bonds is 5. The van der Waals surface area contributed by atoms with Gasteiger partial charge in [0.25, 0.3) is 0 Å². The number of hydrogen-bond donors (Lipinski definition) is 1. The maximum Gasteiger partial charge on any atom is 0.0924 e. The lowest BCUT2D eigenvalue weighted by molar-refractivity contribution is 0.394.